The van der Waals surface area contributed by atoms with E-state index in [1.165, 1.54) is 12.7 Å². The zero-order valence-electron chi connectivity index (χ0n) is 16.3. The molecule has 0 radical (unpaired) electrons. The van der Waals surface area contributed by atoms with Crippen molar-refractivity contribution in [1.82, 2.24) is 0 Å². The van der Waals surface area contributed by atoms with Crippen LogP contribution >= 0.6 is 0 Å². The maximum atomic E-state index is 11.6. The fourth-order valence-corrected chi connectivity index (χ4v) is 3.49. The molecule has 136 valence electrons. The summed E-state index contributed by atoms with van der Waals surface area (Å²) in [7, 11) is 1.44. The Morgan fingerprint density at radius 2 is 1.67 bits per heavy atom. The van der Waals surface area contributed by atoms with E-state index in [0.29, 0.717) is 24.2 Å². The summed E-state index contributed by atoms with van der Waals surface area (Å²) in [4.78, 5) is 11.6. The van der Waals surface area contributed by atoms with Gasteiger partial charge in [0.15, 0.2) is 0 Å². The van der Waals surface area contributed by atoms with Gasteiger partial charge in [-0.25, -0.2) is 0 Å². The number of carbonyl (C=O) groups is 1. The van der Waals surface area contributed by atoms with E-state index in [0.717, 1.165) is 30.5 Å². The van der Waals surface area contributed by atoms with Crippen molar-refractivity contribution in [1.29, 1.82) is 0 Å². The third-order valence-electron chi connectivity index (χ3n) is 4.67. The highest BCUT2D eigenvalue weighted by Crippen LogP contribution is 2.36. The Kier molecular flexibility index (Phi) is 8.30. The minimum Gasteiger partial charge on any atom is -0.469 e. The first kappa shape index (κ1) is 20.5. The van der Waals surface area contributed by atoms with E-state index < -0.39 is 0 Å². The highest BCUT2D eigenvalue weighted by molar-refractivity contribution is 5.70. The van der Waals surface area contributed by atoms with Crippen molar-refractivity contribution >= 4 is 11.7 Å². The molecule has 1 unspecified atom stereocenters. The number of methoxy groups -OCH3 is 1. The third kappa shape index (κ3) is 6.18. The van der Waals surface area contributed by atoms with Gasteiger partial charge < -0.3 is 10.5 Å². The number of nitrogen functional groups attached to an aromatic ring is 1. The monoisotopic (exact) mass is 333 g/mol. The Morgan fingerprint density at radius 3 is 2.08 bits per heavy atom. The summed E-state index contributed by atoms with van der Waals surface area (Å²) < 4.78 is 4.81. The number of ether oxygens (including phenoxy) is 1. The lowest BCUT2D eigenvalue weighted by Gasteiger charge is -2.24. The number of anilines is 1. The van der Waals surface area contributed by atoms with Crippen LogP contribution in [0.2, 0.25) is 0 Å². The van der Waals surface area contributed by atoms with E-state index in [-0.39, 0.29) is 11.9 Å². The Labute approximate surface area is 148 Å². The number of rotatable bonds is 9. The van der Waals surface area contributed by atoms with E-state index in [2.05, 4.69) is 52.8 Å². The van der Waals surface area contributed by atoms with E-state index >= 15 is 0 Å². The Morgan fingerprint density at radius 1 is 1.08 bits per heavy atom. The predicted molar refractivity (Wildman–Crippen MR) is 102 cm³/mol. The second-order valence-electron chi connectivity index (χ2n) is 7.73. The standard InChI is InChI=1S/C21H35NO2/c1-7-16(13-21(23)24-6)17-8-9-19(20(22)12-17)18(10-14(2)3)11-15(4)5/h8-9,12,14-16,18H,7,10-11,13,22H2,1-6H3. The van der Waals surface area contributed by atoms with Crippen LogP contribution in [0, 0.1) is 11.8 Å². The average molecular weight is 334 g/mol. The van der Waals surface area contributed by atoms with Crippen molar-refractivity contribution in [3.05, 3.63) is 29.3 Å². The van der Waals surface area contributed by atoms with Gasteiger partial charge in [-0.2, -0.15) is 0 Å². The van der Waals surface area contributed by atoms with Crippen LogP contribution in [0.4, 0.5) is 5.69 Å². The maximum Gasteiger partial charge on any atom is 0.306 e. The van der Waals surface area contributed by atoms with Crippen LogP contribution in [0.1, 0.15) is 83.3 Å². The minimum atomic E-state index is -0.165. The quantitative estimate of drug-likeness (QED) is 0.479. The molecular weight excluding hydrogens is 298 g/mol. The lowest BCUT2D eigenvalue weighted by atomic mass is 9.82. The highest BCUT2D eigenvalue weighted by atomic mass is 16.5. The molecule has 1 aromatic rings. The van der Waals surface area contributed by atoms with Crippen LogP contribution in [0.25, 0.3) is 0 Å². The molecule has 0 saturated carbocycles. The summed E-state index contributed by atoms with van der Waals surface area (Å²) in [5, 5.41) is 0. The van der Waals surface area contributed by atoms with Crippen LogP contribution < -0.4 is 5.73 Å². The lowest BCUT2D eigenvalue weighted by Crippen LogP contribution is -2.11. The number of hydrogen-bond donors (Lipinski definition) is 1. The molecule has 1 aromatic carbocycles. The Balaban J connectivity index is 3.04. The molecule has 1 atom stereocenters. The largest absolute Gasteiger partial charge is 0.469 e. The van der Waals surface area contributed by atoms with Gasteiger partial charge in [-0.05, 0) is 60.1 Å². The SMILES string of the molecule is CCC(CC(=O)OC)c1ccc(C(CC(C)C)CC(C)C)c(N)c1. The molecule has 0 aliphatic heterocycles. The van der Waals surface area contributed by atoms with Crippen LogP contribution in [-0.4, -0.2) is 13.1 Å². The van der Waals surface area contributed by atoms with Gasteiger partial charge in [-0.15, -0.1) is 0 Å². The van der Waals surface area contributed by atoms with Gasteiger partial charge in [0.25, 0.3) is 0 Å². The van der Waals surface area contributed by atoms with Crippen LogP contribution in [0.5, 0.6) is 0 Å². The maximum absolute atomic E-state index is 11.6. The Hall–Kier alpha value is -1.51. The summed E-state index contributed by atoms with van der Waals surface area (Å²) in [6, 6.07) is 6.40. The first-order valence-electron chi connectivity index (χ1n) is 9.24. The summed E-state index contributed by atoms with van der Waals surface area (Å²) >= 11 is 0. The minimum absolute atomic E-state index is 0.165. The normalized spacial score (nSPS) is 12.9. The molecule has 1 rings (SSSR count). The number of hydrogen-bond acceptors (Lipinski definition) is 3. The van der Waals surface area contributed by atoms with Gasteiger partial charge in [-0.3, -0.25) is 4.79 Å². The second kappa shape index (κ2) is 9.71. The van der Waals surface area contributed by atoms with Crippen molar-refractivity contribution < 1.29 is 9.53 Å². The average Bonchev–Trinajstić information content (AvgIpc) is 2.50. The molecule has 0 aliphatic carbocycles. The number of esters is 1. The zero-order valence-corrected chi connectivity index (χ0v) is 16.3. The molecule has 0 spiro atoms. The molecular formula is C21H35NO2. The molecule has 0 heterocycles. The van der Waals surface area contributed by atoms with Crippen LogP contribution in [0.15, 0.2) is 18.2 Å². The van der Waals surface area contributed by atoms with Gasteiger partial charge in [0, 0.05) is 5.69 Å². The van der Waals surface area contributed by atoms with Crippen LogP contribution in [0.3, 0.4) is 0 Å². The number of nitrogens with two attached hydrogens (primary N) is 1. The fourth-order valence-electron chi connectivity index (χ4n) is 3.49. The van der Waals surface area contributed by atoms with E-state index in [1.807, 2.05) is 0 Å². The molecule has 0 saturated heterocycles. The molecule has 2 N–H and O–H groups in total. The molecule has 24 heavy (non-hydrogen) atoms. The Bertz CT molecular complexity index is 513. The second-order valence-corrected chi connectivity index (χ2v) is 7.73. The molecule has 0 aliphatic rings. The van der Waals surface area contributed by atoms with Crippen molar-refractivity contribution in [2.75, 3.05) is 12.8 Å². The van der Waals surface area contributed by atoms with Gasteiger partial charge in [0.1, 0.15) is 0 Å². The summed E-state index contributed by atoms with van der Waals surface area (Å²) in [6.45, 7) is 11.2. The van der Waals surface area contributed by atoms with Crippen molar-refractivity contribution in [2.45, 2.75) is 72.1 Å². The summed E-state index contributed by atoms with van der Waals surface area (Å²) in [6.07, 6.45) is 3.62. The first-order chi connectivity index (χ1) is 11.3. The highest BCUT2D eigenvalue weighted by Gasteiger charge is 2.20. The van der Waals surface area contributed by atoms with Gasteiger partial charge >= 0.3 is 5.97 Å². The molecule has 0 aromatic heterocycles. The smallest absolute Gasteiger partial charge is 0.306 e. The molecule has 3 heteroatoms. The molecule has 0 fully saturated rings. The third-order valence-corrected chi connectivity index (χ3v) is 4.67. The van der Waals surface area contributed by atoms with E-state index in [9.17, 15) is 4.79 Å². The summed E-state index contributed by atoms with van der Waals surface area (Å²) in [5.41, 5.74) is 9.67. The molecule has 3 nitrogen and oxygen atoms in total. The molecule has 0 amide bonds. The summed E-state index contributed by atoms with van der Waals surface area (Å²) in [5.74, 6) is 1.80. The number of benzene rings is 1. The fraction of sp³-hybridized carbons (Fsp3) is 0.667. The van der Waals surface area contributed by atoms with Crippen LogP contribution in [-0.2, 0) is 9.53 Å². The van der Waals surface area contributed by atoms with Gasteiger partial charge in [0.2, 0.25) is 0 Å². The van der Waals surface area contributed by atoms with Crippen molar-refractivity contribution in [3.63, 3.8) is 0 Å². The van der Waals surface area contributed by atoms with Crippen molar-refractivity contribution in [3.8, 4) is 0 Å². The van der Waals surface area contributed by atoms with Gasteiger partial charge in [0.05, 0.1) is 13.5 Å². The van der Waals surface area contributed by atoms with Crippen molar-refractivity contribution in [2.24, 2.45) is 11.8 Å². The zero-order chi connectivity index (χ0) is 18.3. The van der Waals surface area contributed by atoms with E-state index in [1.54, 1.807) is 0 Å². The topological polar surface area (TPSA) is 52.3 Å². The lowest BCUT2D eigenvalue weighted by molar-refractivity contribution is -0.141. The number of carbonyl (C=O) groups excluding carboxylic acids is 1. The predicted octanol–water partition coefficient (Wildman–Crippen LogP) is 5.50. The molecule has 0 bridgehead atoms. The van der Waals surface area contributed by atoms with E-state index in [4.69, 9.17) is 10.5 Å². The first-order valence-corrected chi connectivity index (χ1v) is 9.24. The van der Waals surface area contributed by atoms with Gasteiger partial charge in [-0.1, -0.05) is 46.8 Å².